The third-order valence-electron chi connectivity index (χ3n) is 7.77. The summed E-state index contributed by atoms with van der Waals surface area (Å²) >= 11 is 0. The zero-order valence-electron chi connectivity index (χ0n) is 24.3. The number of amidine groups is 1. The predicted molar refractivity (Wildman–Crippen MR) is 165 cm³/mol. The average Bonchev–Trinajstić information content (AvgIpc) is 3.03. The van der Waals surface area contributed by atoms with Gasteiger partial charge in [0, 0.05) is 31.6 Å². The van der Waals surface area contributed by atoms with Crippen LogP contribution in [0.5, 0.6) is 5.75 Å². The number of hydrogen-bond acceptors (Lipinski definition) is 7. The smallest absolute Gasteiger partial charge is 0.334 e. The molecule has 5 rings (SSSR count). The number of carbonyl (C=O) groups is 3. The summed E-state index contributed by atoms with van der Waals surface area (Å²) in [6, 6.07) is 22.0. The molecule has 12 nitrogen and oxygen atoms in total. The lowest BCUT2D eigenvalue weighted by molar-refractivity contribution is -0.189. The van der Waals surface area contributed by atoms with Crippen molar-refractivity contribution >= 4 is 23.7 Å². The van der Waals surface area contributed by atoms with Gasteiger partial charge >= 0.3 is 6.03 Å². The lowest BCUT2D eigenvalue weighted by atomic mass is 9.98. The van der Waals surface area contributed by atoms with Crippen LogP contribution in [0.4, 0.5) is 4.79 Å². The van der Waals surface area contributed by atoms with Gasteiger partial charge in [0.15, 0.2) is 0 Å². The Kier molecular flexibility index (Phi) is 9.10. The minimum absolute atomic E-state index is 0.0771. The third kappa shape index (κ3) is 6.50. The molecule has 0 spiro atoms. The first-order valence-corrected chi connectivity index (χ1v) is 14.3. The van der Waals surface area contributed by atoms with E-state index in [1.54, 1.807) is 58.4 Å². The molecule has 0 saturated carbocycles. The summed E-state index contributed by atoms with van der Waals surface area (Å²) < 4.78 is 0. The van der Waals surface area contributed by atoms with Gasteiger partial charge in [-0.1, -0.05) is 66.7 Å². The number of aromatic hydroxyl groups is 1. The van der Waals surface area contributed by atoms with E-state index in [1.165, 1.54) is 9.91 Å². The van der Waals surface area contributed by atoms with Gasteiger partial charge in [0.2, 0.25) is 11.8 Å². The van der Waals surface area contributed by atoms with Crippen molar-refractivity contribution in [2.24, 2.45) is 16.7 Å². The number of amides is 4. The zero-order valence-corrected chi connectivity index (χ0v) is 24.3. The van der Waals surface area contributed by atoms with Gasteiger partial charge in [-0.25, -0.2) is 14.8 Å². The van der Waals surface area contributed by atoms with Crippen LogP contribution in [0.1, 0.15) is 22.3 Å². The molecule has 3 aromatic carbocycles. The number of nitrogens with zero attached hydrogens (tertiary/aromatic N) is 5. The number of benzene rings is 3. The monoisotopic (exact) mass is 596 g/mol. The van der Waals surface area contributed by atoms with Crippen molar-refractivity contribution in [1.29, 1.82) is 0 Å². The summed E-state index contributed by atoms with van der Waals surface area (Å²) in [5.41, 5.74) is 9.01. The molecule has 12 heteroatoms. The van der Waals surface area contributed by atoms with E-state index in [0.29, 0.717) is 5.56 Å². The molecule has 2 atom stereocenters. The number of nitrogens with one attached hydrogen (secondary N) is 1. The number of hydrogen-bond donors (Lipinski definition) is 4. The fourth-order valence-electron chi connectivity index (χ4n) is 5.68. The van der Waals surface area contributed by atoms with E-state index in [0.717, 1.165) is 16.7 Å². The number of urea groups is 1. The van der Waals surface area contributed by atoms with Gasteiger partial charge < -0.3 is 31.8 Å². The highest BCUT2D eigenvalue weighted by Gasteiger charge is 2.51. The van der Waals surface area contributed by atoms with Crippen LogP contribution in [-0.4, -0.2) is 80.4 Å². The molecule has 44 heavy (non-hydrogen) atoms. The van der Waals surface area contributed by atoms with Crippen LogP contribution in [0, 0.1) is 0 Å². The Labute approximate surface area is 255 Å². The molecule has 228 valence electrons. The van der Waals surface area contributed by atoms with E-state index in [-0.39, 0.29) is 62.5 Å². The Balaban J connectivity index is 1.50. The Bertz CT molecular complexity index is 1550. The third-order valence-corrected chi connectivity index (χ3v) is 7.77. The van der Waals surface area contributed by atoms with Gasteiger partial charge in [-0.05, 0) is 34.9 Å². The Morgan fingerprint density at radius 2 is 1.75 bits per heavy atom. The molecule has 0 aromatic heterocycles. The second-order valence-corrected chi connectivity index (χ2v) is 10.7. The van der Waals surface area contributed by atoms with Gasteiger partial charge in [0.05, 0.1) is 13.1 Å². The van der Waals surface area contributed by atoms with E-state index < -0.39 is 18.2 Å². The minimum atomic E-state index is -0.889. The van der Waals surface area contributed by atoms with Gasteiger partial charge in [-0.2, -0.15) is 5.10 Å². The summed E-state index contributed by atoms with van der Waals surface area (Å²) in [7, 11) is 0. The number of fused-ring (bicyclic) bond motifs is 1. The lowest BCUT2D eigenvalue weighted by Crippen LogP contribution is -2.76. The van der Waals surface area contributed by atoms with Crippen molar-refractivity contribution in [3.63, 3.8) is 0 Å². The fraction of sp³-hybridized carbons (Fsp3) is 0.250. The maximum atomic E-state index is 14.1. The summed E-state index contributed by atoms with van der Waals surface area (Å²) in [5, 5.41) is 19.5. The molecule has 2 aliphatic heterocycles. The Morgan fingerprint density at radius 1 is 1.02 bits per heavy atom. The summed E-state index contributed by atoms with van der Waals surface area (Å²) in [6.07, 6.45) is 1.05. The topological polar surface area (TPSA) is 161 Å². The normalized spacial score (nSPS) is 19.1. The molecule has 2 heterocycles. The molecular weight excluding hydrogens is 560 g/mol. The van der Waals surface area contributed by atoms with Gasteiger partial charge in [0.1, 0.15) is 23.8 Å². The molecule has 0 aliphatic carbocycles. The molecule has 2 aliphatic rings. The summed E-state index contributed by atoms with van der Waals surface area (Å²) in [6.45, 7) is 4.55. The van der Waals surface area contributed by atoms with Crippen LogP contribution in [-0.2, 0) is 29.1 Å². The number of phenolic OH excluding ortho intramolecular Hbond substituents is 1. The van der Waals surface area contributed by atoms with Crippen LogP contribution >= 0.6 is 0 Å². The van der Waals surface area contributed by atoms with E-state index in [1.807, 2.05) is 36.4 Å². The molecule has 0 radical (unpaired) electrons. The fourth-order valence-corrected chi connectivity index (χ4v) is 5.68. The molecule has 6 N–H and O–H groups in total. The standard InChI is InChI=1S/C32H36N8O4/c1-2-15-38-21-29(42)39-27(17-22-11-13-26(41)14-12-22)31(43)37(19-24-9-6-10-25(16-24)30(33)36-34)20-28(39)40(38)32(44)35-18-23-7-4-3-5-8-23/h2-14,16,27-28,41H,1,15,17-21,34H2,(H2,33,36)(H,35,44)/t27-,28-/m0/s1. The zero-order chi connectivity index (χ0) is 31.2. The van der Waals surface area contributed by atoms with Crippen molar-refractivity contribution in [3.05, 3.63) is 114 Å². The highest BCUT2D eigenvalue weighted by Crippen LogP contribution is 2.29. The second kappa shape index (κ2) is 13.3. The van der Waals surface area contributed by atoms with Gasteiger partial charge in [-0.15, -0.1) is 6.58 Å². The van der Waals surface area contributed by atoms with Crippen molar-refractivity contribution in [3.8, 4) is 5.75 Å². The number of carbonyl (C=O) groups excluding carboxylic acids is 3. The first kappa shape index (κ1) is 30.1. The molecular formula is C32H36N8O4. The number of rotatable bonds is 9. The maximum Gasteiger partial charge on any atom is 0.334 e. The molecule has 2 fully saturated rings. The maximum absolute atomic E-state index is 14.1. The van der Waals surface area contributed by atoms with Crippen molar-refractivity contribution in [2.75, 3.05) is 19.6 Å². The molecule has 0 unspecified atom stereocenters. The van der Waals surface area contributed by atoms with Crippen LogP contribution in [0.15, 0.2) is 96.6 Å². The van der Waals surface area contributed by atoms with Gasteiger partial charge in [0.25, 0.3) is 0 Å². The molecule has 2 saturated heterocycles. The average molecular weight is 597 g/mol. The van der Waals surface area contributed by atoms with Crippen molar-refractivity contribution in [1.82, 2.24) is 25.1 Å². The van der Waals surface area contributed by atoms with E-state index in [2.05, 4.69) is 17.0 Å². The summed E-state index contributed by atoms with van der Waals surface area (Å²) in [4.78, 5) is 44.9. The first-order valence-electron chi connectivity index (χ1n) is 14.3. The van der Waals surface area contributed by atoms with E-state index in [9.17, 15) is 19.5 Å². The number of phenols is 1. The quantitative estimate of drug-likeness (QED) is 0.0962. The summed E-state index contributed by atoms with van der Waals surface area (Å²) in [5.74, 6) is 5.11. The lowest BCUT2D eigenvalue weighted by Gasteiger charge is -2.55. The number of hydrazone groups is 1. The highest BCUT2D eigenvalue weighted by atomic mass is 16.3. The number of nitrogens with two attached hydrogens (primary N) is 2. The van der Waals surface area contributed by atoms with Crippen LogP contribution in [0.2, 0.25) is 0 Å². The Morgan fingerprint density at radius 3 is 2.45 bits per heavy atom. The number of piperazine rings is 1. The largest absolute Gasteiger partial charge is 0.508 e. The number of hydrazine groups is 1. The van der Waals surface area contributed by atoms with Gasteiger partial charge in [-0.3, -0.25) is 9.59 Å². The van der Waals surface area contributed by atoms with Crippen molar-refractivity contribution in [2.45, 2.75) is 31.7 Å². The van der Waals surface area contributed by atoms with Crippen molar-refractivity contribution < 1.29 is 19.5 Å². The van der Waals surface area contributed by atoms with Crippen LogP contribution in [0.25, 0.3) is 0 Å². The molecule has 0 bridgehead atoms. The van der Waals surface area contributed by atoms with E-state index >= 15 is 0 Å². The van der Waals surface area contributed by atoms with E-state index in [4.69, 9.17) is 11.6 Å². The predicted octanol–water partition coefficient (Wildman–Crippen LogP) is 1.71. The minimum Gasteiger partial charge on any atom is -0.508 e. The molecule has 4 amide bonds. The first-order chi connectivity index (χ1) is 21.3. The SMILES string of the molecule is C=CCN1CC(=O)N2[C@@H](Cc3ccc(O)cc3)C(=O)N(Cc3cccc(/C(N)=N/N)c3)C[C@@H]2N1C(=O)NCc1ccccc1. The Hall–Kier alpha value is -5.36. The highest BCUT2D eigenvalue weighted by molar-refractivity contribution is 5.97. The van der Waals surface area contributed by atoms with Crippen LogP contribution in [0.3, 0.4) is 0 Å². The second-order valence-electron chi connectivity index (χ2n) is 10.7. The molecule has 3 aromatic rings. The van der Waals surface area contributed by atoms with Crippen LogP contribution < -0.4 is 16.9 Å².